The van der Waals surface area contributed by atoms with Crippen LogP contribution in [-0.4, -0.2) is 25.2 Å². The Morgan fingerprint density at radius 1 is 1.17 bits per heavy atom. The lowest BCUT2D eigenvalue weighted by Crippen LogP contribution is -2.27. The molecule has 0 saturated heterocycles. The molecule has 0 saturated carbocycles. The van der Waals surface area contributed by atoms with Gasteiger partial charge in [-0.15, -0.1) is 0 Å². The van der Waals surface area contributed by atoms with Gasteiger partial charge in [-0.05, 0) is 36.2 Å². The highest BCUT2D eigenvalue weighted by atomic mass is 35.5. The van der Waals surface area contributed by atoms with Gasteiger partial charge < -0.3 is 24.3 Å². The summed E-state index contributed by atoms with van der Waals surface area (Å²) in [4.78, 5) is 24.7. The number of benzene rings is 2. The maximum absolute atomic E-state index is 12.4. The Bertz CT molecular complexity index is 1140. The molecule has 0 fully saturated rings. The van der Waals surface area contributed by atoms with Crippen molar-refractivity contribution >= 4 is 28.5 Å². The molecule has 1 heterocycles. The van der Waals surface area contributed by atoms with Crippen LogP contribution in [0.2, 0.25) is 5.02 Å². The Balaban J connectivity index is 1.78. The van der Waals surface area contributed by atoms with Gasteiger partial charge >= 0.3 is 5.63 Å². The Hall–Kier alpha value is -3.19. The van der Waals surface area contributed by atoms with Gasteiger partial charge in [-0.25, -0.2) is 4.79 Å². The molecule has 1 amide bonds. The van der Waals surface area contributed by atoms with Gasteiger partial charge in [0.15, 0.2) is 11.5 Å². The third-order valence-corrected chi connectivity index (χ3v) is 4.93. The summed E-state index contributed by atoms with van der Waals surface area (Å²) >= 11 is 5.95. The zero-order valence-electron chi connectivity index (χ0n) is 16.2. The fraction of sp³-hybridized carbons (Fsp3) is 0.238. The third-order valence-electron chi connectivity index (χ3n) is 4.63. The van der Waals surface area contributed by atoms with E-state index in [2.05, 4.69) is 5.32 Å². The molecule has 2 N–H and O–H groups in total. The van der Waals surface area contributed by atoms with Crippen LogP contribution >= 0.6 is 11.6 Å². The average Bonchev–Trinajstić information content (AvgIpc) is 2.71. The van der Waals surface area contributed by atoms with Gasteiger partial charge in [0.2, 0.25) is 5.91 Å². The summed E-state index contributed by atoms with van der Waals surface area (Å²) in [5, 5.41) is 13.2. The maximum Gasteiger partial charge on any atom is 0.340 e. The van der Waals surface area contributed by atoms with Crippen LogP contribution in [0.1, 0.15) is 16.7 Å². The number of aryl methyl sites for hydroxylation is 1. The molecular weight excluding hydrogens is 398 g/mol. The quantitative estimate of drug-likeness (QED) is 0.597. The molecule has 0 unspecified atom stereocenters. The normalized spacial score (nSPS) is 10.8. The molecule has 2 aromatic carbocycles. The first-order chi connectivity index (χ1) is 13.8. The lowest BCUT2D eigenvalue weighted by atomic mass is 10.0. The number of amides is 1. The number of methoxy groups -OCH3 is 2. The molecule has 0 aliphatic carbocycles. The number of fused-ring (bicyclic) bond motifs is 1. The number of carbonyl (C=O) groups excluding carboxylic acids is 1. The van der Waals surface area contributed by atoms with Gasteiger partial charge in [0.05, 0.1) is 31.2 Å². The van der Waals surface area contributed by atoms with Crippen molar-refractivity contribution in [1.29, 1.82) is 0 Å². The number of nitrogens with one attached hydrogen (secondary N) is 1. The monoisotopic (exact) mass is 417 g/mol. The van der Waals surface area contributed by atoms with Gasteiger partial charge in [-0.1, -0.05) is 17.7 Å². The number of aromatic hydroxyl groups is 1. The lowest BCUT2D eigenvalue weighted by molar-refractivity contribution is -0.120. The minimum atomic E-state index is -0.627. The predicted molar refractivity (Wildman–Crippen MR) is 109 cm³/mol. The van der Waals surface area contributed by atoms with Crippen molar-refractivity contribution in [2.45, 2.75) is 19.9 Å². The maximum atomic E-state index is 12.4. The van der Waals surface area contributed by atoms with E-state index in [0.717, 1.165) is 5.56 Å². The summed E-state index contributed by atoms with van der Waals surface area (Å²) in [5.74, 6) is 0.642. The molecule has 8 heteroatoms. The zero-order chi connectivity index (χ0) is 21.1. The molecule has 0 bridgehead atoms. The van der Waals surface area contributed by atoms with Crippen LogP contribution in [0.25, 0.3) is 11.0 Å². The van der Waals surface area contributed by atoms with Gasteiger partial charge in [0.1, 0.15) is 11.3 Å². The van der Waals surface area contributed by atoms with Crippen molar-refractivity contribution in [3.63, 3.8) is 0 Å². The van der Waals surface area contributed by atoms with E-state index >= 15 is 0 Å². The average molecular weight is 418 g/mol. The number of hydrogen-bond acceptors (Lipinski definition) is 6. The van der Waals surface area contributed by atoms with Crippen LogP contribution in [0.5, 0.6) is 17.2 Å². The first-order valence-electron chi connectivity index (χ1n) is 8.76. The van der Waals surface area contributed by atoms with Crippen LogP contribution in [0.15, 0.2) is 39.5 Å². The van der Waals surface area contributed by atoms with Crippen LogP contribution in [0.4, 0.5) is 0 Å². The second-order valence-corrected chi connectivity index (χ2v) is 6.84. The van der Waals surface area contributed by atoms with Crippen LogP contribution in [0, 0.1) is 6.92 Å². The van der Waals surface area contributed by atoms with Crippen molar-refractivity contribution in [1.82, 2.24) is 5.32 Å². The molecule has 7 nitrogen and oxygen atoms in total. The van der Waals surface area contributed by atoms with E-state index in [9.17, 15) is 14.7 Å². The summed E-state index contributed by atoms with van der Waals surface area (Å²) in [6, 6.07) is 8.12. The highest BCUT2D eigenvalue weighted by Crippen LogP contribution is 2.31. The molecule has 0 aliphatic rings. The van der Waals surface area contributed by atoms with Gasteiger partial charge in [0, 0.05) is 18.0 Å². The molecule has 0 radical (unpaired) electrons. The van der Waals surface area contributed by atoms with Crippen molar-refractivity contribution in [3.8, 4) is 17.2 Å². The summed E-state index contributed by atoms with van der Waals surface area (Å²) in [6.45, 7) is 1.97. The minimum Gasteiger partial charge on any atom is -0.506 e. The Morgan fingerprint density at radius 3 is 2.59 bits per heavy atom. The van der Waals surface area contributed by atoms with Gasteiger partial charge in [0.25, 0.3) is 0 Å². The predicted octanol–water partition coefficient (Wildman–Crippen LogP) is 3.34. The van der Waals surface area contributed by atoms with E-state index in [1.54, 1.807) is 26.2 Å². The topological polar surface area (TPSA) is 98.0 Å². The Labute approximate surface area is 171 Å². The van der Waals surface area contributed by atoms with Crippen molar-refractivity contribution < 1.29 is 23.8 Å². The summed E-state index contributed by atoms with van der Waals surface area (Å²) in [6.07, 6.45) is -0.143. The number of halogens is 1. The molecule has 152 valence electrons. The van der Waals surface area contributed by atoms with E-state index in [1.807, 2.05) is 6.07 Å². The molecular formula is C21H20ClNO6. The van der Waals surface area contributed by atoms with E-state index in [-0.39, 0.29) is 40.8 Å². The largest absolute Gasteiger partial charge is 0.506 e. The molecule has 0 aliphatic heterocycles. The van der Waals surface area contributed by atoms with Crippen LogP contribution in [-0.2, 0) is 17.8 Å². The van der Waals surface area contributed by atoms with Crippen molar-refractivity contribution in [2.75, 3.05) is 14.2 Å². The smallest absolute Gasteiger partial charge is 0.340 e. The van der Waals surface area contributed by atoms with Gasteiger partial charge in [-0.2, -0.15) is 0 Å². The molecule has 29 heavy (non-hydrogen) atoms. The van der Waals surface area contributed by atoms with E-state index < -0.39 is 5.63 Å². The summed E-state index contributed by atoms with van der Waals surface area (Å²) < 4.78 is 15.7. The van der Waals surface area contributed by atoms with E-state index in [1.165, 1.54) is 19.2 Å². The number of phenolic OH excluding ortho intramolecular Hbond substituents is 1. The minimum absolute atomic E-state index is 0.137. The molecule has 1 aromatic heterocycles. The summed E-state index contributed by atoms with van der Waals surface area (Å²) in [5.41, 5.74) is 1.23. The second-order valence-electron chi connectivity index (χ2n) is 6.44. The first kappa shape index (κ1) is 20.5. The number of carbonyl (C=O) groups is 1. The Kier molecular flexibility index (Phi) is 5.98. The number of rotatable bonds is 6. The van der Waals surface area contributed by atoms with E-state index in [0.29, 0.717) is 22.4 Å². The number of phenols is 1. The summed E-state index contributed by atoms with van der Waals surface area (Å²) in [7, 11) is 3.08. The second kappa shape index (κ2) is 8.45. The Morgan fingerprint density at radius 2 is 1.90 bits per heavy atom. The highest BCUT2D eigenvalue weighted by Gasteiger charge is 2.16. The molecule has 3 aromatic rings. The highest BCUT2D eigenvalue weighted by molar-refractivity contribution is 6.32. The fourth-order valence-corrected chi connectivity index (χ4v) is 3.18. The van der Waals surface area contributed by atoms with E-state index in [4.69, 9.17) is 25.5 Å². The third kappa shape index (κ3) is 4.30. The SMILES string of the molecule is COc1ccc(CNC(=O)Cc2c(C)c3cc(Cl)c(O)cc3oc2=O)cc1OC. The standard InChI is InChI=1S/C21H20ClNO6/c1-11-13-7-15(22)16(24)9-18(13)29-21(26)14(11)8-20(25)23-10-12-4-5-17(27-2)19(6-12)28-3/h4-7,9,24H,8,10H2,1-3H3,(H,23,25). The zero-order valence-corrected chi connectivity index (χ0v) is 16.9. The lowest BCUT2D eigenvalue weighted by Gasteiger charge is -2.11. The fourth-order valence-electron chi connectivity index (χ4n) is 3.02. The number of hydrogen-bond donors (Lipinski definition) is 2. The van der Waals surface area contributed by atoms with Crippen LogP contribution in [0.3, 0.4) is 0 Å². The van der Waals surface area contributed by atoms with Crippen molar-refractivity contribution in [2.24, 2.45) is 0 Å². The van der Waals surface area contributed by atoms with Crippen molar-refractivity contribution in [3.05, 3.63) is 62.5 Å². The van der Waals surface area contributed by atoms with Gasteiger partial charge in [-0.3, -0.25) is 4.79 Å². The molecule has 3 rings (SSSR count). The first-order valence-corrected chi connectivity index (χ1v) is 9.14. The molecule has 0 spiro atoms. The van der Waals surface area contributed by atoms with Crippen LogP contribution < -0.4 is 20.4 Å². The molecule has 0 atom stereocenters. The number of ether oxygens (including phenoxy) is 2.